The molecule has 4 heteroatoms. The van der Waals surface area contributed by atoms with Crippen LogP contribution in [-0.4, -0.2) is 29.7 Å². The first-order chi connectivity index (χ1) is 5.57. The Morgan fingerprint density at radius 2 is 2.33 bits per heavy atom. The Morgan fingerprint density at radius 3 is 2.75 bits per heavy atom. The lowest BCUT2D eigenvalue weighted by molar-refractivity contribution is -0.116. The lowest BCUT2D eigenvalue weighted by atomic mass is 10.2. The van der Waals surface area contributed by atoms with Gasteiger partial charge in [0, 0.05) is 12.6 Å². The van der Waals surface area contributed by atoms with Crippen LogP contribution in [0.5, 0.6) is 0 Å². The van der Waals surface area contributed by atoms with Crippen LogP contribution < -0.4 is 11.1 Å². The van der Waals surface area contributed by atoms with Gasteiger partial charge in [-0.1, -0.05) is 6.08 Å². The summed E-state index contributed by atoms with van der Waals surface area (Å²) in [5.41, 5.74) is 5.47. The van der Waals surface area contributed by atoms with Crippen molar-refractivity contribution in [1.29, 1.82) is 0 Å². The van der Waals surface area contributed by atoms with Crippen molar-refractivity contribution in [2.75, 3.05) is 6.54 Å². The molecule has 2 unspecified atom stereocenters. The largest absolute Gasteiger partial charge is 0.392 e. The van der Waals surface area contributed by atoms with Crippen LogP contribution in [0.1, 0.15) is 13.8 Å². The van der Waals surface area contributed by atoms with Crippen LogP contribution in [0.15, 0.2) is 12.2 Å². The zero-order valence-corrected chi connectivity index (χ0v) is 7.45. The highest BCUT2D eigenvalue weighted by molar-refractivity contribution is 5.87. The average molecular weight is 172 g/mol. The maximum absolute atomic E-state index is 10.8. The smallest absolute Gasteiger partial charge is 0.243 e. The zero-order valence-electron chi connectivity index (χ0n) is 7.45. The number of rotatable bonds is 4. The van der Waals surface area contributed by atoms with Crippen molar-refractivity contribution in [3.8, 4) is 0 Å². The van der Waals surface area contributed by atoms with E-state index in [1.54, 1.807) is 19.9 Å². The number of carbonyl (C=O) groups excluding carboxylic acids is 1. The molecule has 12 heavy (non-hydrogen) atoms. The lowest BCUT2D eigenvalue weighted by Gasteiger charge is -2.14. The molecule has 0 aromatic heterocycles. The van der Waals surface area contributed by atoms with Gasteiger partial charge in [-0.25, -0.2) is 0 Å². The molecule has 0 aliphatic heterocycles. The number of nitrogens with two attached hydrogens (primary N) is 1. The second-order valence-corrected chi connectivity index (χ2v) is 2.65. The van der Waals surface area contributed by atoms with E-state index >= 15 is 0 Å². The number of allylic oxidation sites excluding steroid dienone is 1. The normalized spacial score (nSPS) is 16.0. The van der Waals surface area contributed by atoms with E-state index in [2.05, 4.69) is 5.32 Å². The molecule has 0 aromatic rings. The summed E-state index contributed by atoms with van der Waals surface area (Å²) in [4.78, 5) is 10.8. The number of carbonyl (C=O) groups is 1. The molecule has 1 amide bonds. The minimum atomic E-state index is -0.601. The molecule has 0 aliphatic rings. The van der Waals surface area contributed by atoms with E-state index in [9.17, 15) is 4.79 Å². The molecular formula is C8H16N2O2. The van der Waals surface area contributed by atoms with E-state index in [4.69, 9.17) is 10.8 Å². The minimum absolute atomic E-state index is 0.186. The van der Waals surface area contributed by atoms with Crippen molar-refractivity contribution in [3.63, 3.8) is 0 Å². The summed E-state index contributed by atoms with van der Waals surface area (Å²) < 4.78 is 0. The molecule has 0 saturated carbocycles. The quantitative estimate of drug-likeness (QED) is 0.495. The van der Waals surface area contributed by atoms with Gasteiger partial charge in [-0.15, -0.1) is 0 Å². The van der Waals surface area contributed by atoms with Crippen LogP contribution in [0.2, 0.25) is 0 Å². The van der Waals surface area contributed by atoms with Crippen molar-refractivity contribution < 1.29 is 9.90 Å². The van der Waals surface area contributed by atoms with Crippen molar-refractivity contribution in [3.05, 3.63) is 12.2 Å². The van der Waals surface area contributed by atoms with Gasteiger partial charge in [-0.05, 0) is 19.9 Å². The number of aliphatic hydroxyl groups is 1. The SMILES string of the molecule is C/C=C/C(=O)NCC(N)C(C)O. The third kappa shape index (κ3) is 4.87. The van der Waals surface area contributed by atoms with Crippen LogP contribution in [0.4, 0.5) is 0 Å². The Bertz CT molecular complexity index is 166. The molecule has 0 saturated heterocycles. The summed E-state index contributed by atoms with van der Waals surface area (Å²) in [5, 5.41) is 11.5. The third-order valence-corrected chi connectivity index (χ3v) is 1.45. The molecule has 4 nitrogen and oxygen atoms in total. The van der Waals surface area contributed by atoms with E-state index in [0.717, 1.165) is 0 Å². The Hall–Kier alpha value is -0.870. The van der Waals surface area contributed by atoms with Gasteiger partial charge in [0.05, 0.1) is 6.10 Å². The fourth-order valence-electron chi connectivity index (χ4n) is 0.599. The fourth-order valence-corrected chi connectivity index (χ4v) is 0.599. The van der Waals surface area contributed by atoms with Gasteiger partial charge >= 0.3 is 0 Å². The molecule has 0 aromatic carbocycles. The maximum Gasteiger partial charge on any atom is 0.243 e. The lowest BCUT2D eigenvalue weighted by Crippen LogP contribution is -2.43. The number of nitrogens with one attached hydrogen (secondary N) is 1. The van der Waals surface area contributed by atoms with Crippen LogP contribution in [0.25, 0.3) is 0 Å². The second-order valence-electron chi connectivity index (χ2n) is 2.65. The number of hydrogen-bond acceptors (Lipinski definition) is 3. The van der Waals surface area contributed by atoms with E-state index in [0.29, 0.717) is 6.54 Å². The molecule has 0 rings (SSSR count). The standard InChI is InChI=1S/C8H16N2O2/c1-3-4-8(12)10-5-7(9)6(2)11/h3-4,6-7,11H,5,9H2,1-2H3,(H,10,12)/b4-3+. The van der Waals surface area contributed by atoms with Crippen LogP contribution in [-0.2, 0) is 4.79 Å². The predicted octanol–water partition coefficient (Wildman–Crippen LogP) is -0.613. The molecule has 0 fully saturated rings. The Balaban J connectivity index is 3.61. The van der Waals surface area contributed by atoms with Gasteiger partial charge in [-0.2, -0.15) is 0 Å². The van der Waals surface area contributed by atoms with Gasteiger partial charge in [0.1, 0.15) is 0 Å². The highest BCUT2D eigenvalue weighted by Crippen LogP contribution is 1.85. The van der Waals surface area contributed by atoms with Gasteiger partial charge in [0.25, 0.3) is 0 Å². The monoisotopic (exact) mass is 172 g/mol. The molecule has 0 aliphatic carbocycles. The Labute approximate surface area is 72.4 Å². The number of amides is 1. The van der Waals surface area contributed by atoms with Crippen LogP contribution in [0, 0.1) is 0 Å². The average Bonchev–Trinajstić information content (AvgIpc) is 2.00. The summed E-state index contributed by atoms with van der Waals surface area (Å²) >= 11 is 0. The summed E-state index contributed by atoms with van der Waals surface area (Å²) in [6, 6.07) is -0.404. The summed E-state index contributed by atoms with van der Waals surface area (Å²) in [6.07, 6.45) is 2.45. The maximum atomic E-state index is 10.8. The van der Waals surface area contributed by atoms with Crippen LogP contribution in [0.3, 0.4) is 0 Å². The summed E-state index contributed by atoms with van der Waals surface area (Å²) in [6.45, 7) is 3.64. The zero-order chi connectivity index (χ0) is 9.56. The van der Waals surface area contributed by atoms with E-state index in [-0.39, 0.29) is 5.91 Å². The number of hydrogen-bond donors (Lipinski definition) is 3. The highest BCUT2D eigenvalue weighted by atomic mass is 16.3. The minimum Gasteiger partial charge on any atom is -0.392 e. The van der Waals surface area contributed by atoms with Crippen molar-refractivity contribution in [1.82, 2.24) is 5.32 Å². The second kappa shape index (κ2) is 5.74. The Morgan fingerprint density at radius 1 is 1.75 bits per heavy atom. The molecule has 4 N–H and O–H groups in total. The third-order valence-electron chi connectivity index (χ3n) is 1.45. The van der Waals surface area contributed by atoms with Crippen molar-refractivity contribution in [2.45, 2.75) is 26.0 Å². The van der Waals surface area contributed by atoms with E-state index in [1.165, 1.54) is 6.08 Å². The summed E-state index contributed by atoms with van der Waals surface area (Å²) in [5.74, 6) is -0.186. The first-order valence-corrected chi connectivity index (χ1v) is 3.92. The fraction of sp³-hybridized carbons (Fsp3) is 0.625. The Kier molecular flexibility index (Phi) is 5.32. The van der Waals surface area contributed by atoms with E-state index < -0.39 is 12.1 Å². The van der Waals surface area contributed by atoms with Crippen molar-refractivity contribution >= 4 is 5.91 Å². The highest BCUT2D eigenvalue weighted by Gasteiger charge is 2.08. The molecular weight excluding hydrogens is 156 g/mol. The number of aliphatic hydroxyl groups excluding tert-OH is 1. The molecule has 0 radical (unpaired) electrons. The summed E-state index contributed by atoms with van der Waals surface area (Å²) in [7, 11) is 0. The first-order valence-electron chi connectivity index (χ1n) is 3.92. The van der Waals surface area contributed by atoms with Gasteiger partial charge < -0.3 is 16.2 Å². The topological polar surface area (TPSA) is 75.4 Å². The van der Waals surface area contributed by atoms with E-state index in [1.807, 2.05) is 0 Å². The molecule has 2 atom stereocenters. The molecule has 0 spiro atoms. The van der Waals surface area contributed by atoms with Gasteiger partial charge in [-0.3, -0.25) is 4.79 Å². The first kappa shape index (κ1) is 11.1. The van der Waals surface area contributed by atoms with Gasteiger partial charge in [0.15, 0.2) is 0 Å². The molecule has 70 valence electrons. The van der Waals surface area contributed by atoms with Crippen molar-refractivity contribution in [2.24, 2.45) is 5.73 Å². The predicted molar refractivity (Wildman–Crippen MR) is 47.5 cm³/mol. The van der Waals surface area contributed by atoms with Crippen LogP contribution >= 0.6 is 0 Å². The molecule has 0 bridgehead atoms. The molecule has 0 heterocycles. The van der Waals surface area contributed by atoms with Gasteiger partial charge in [0.2, 0.25) is 5.91 Å².